The summed E-state index contributed by atoms with van der Waals surface area (Å²) in [5.41, 5.74) is 4.21. The van der Waals surface area contributed by atoms with Gasteiger partial charge in [-0.2, -0.15) is 0 Å². The summed E-state index contributed by atoms with van der Waals surface area (Å²) >= 11 is 0. The first-order chi connectivity index (χ1) is 13.1. The number of ether oxygens (including phenoxy) is 1. The van der Waals surface area contributed by atoms with Crippen LogP contribution in [0.5, 0.6) is 5.75 Å². The molecule has 2 aliphatic rings. The molecule has 0 aliphatic carbocycles. The number of rotatable bonds is 4. The normalized spacial score (nSPS) is 19.1. The van der Waals surface area contributed by atoms with E-state index >= 15 is 0 Å². The van der Waals surface area contributed by atoms with Gasteiger partial charge >= 0.3 is 0 Å². The Bertz CT molecular complexity index is 834. The van der Waals surface area contributed by atoms with Gasteiger partial charge in [0, 0.05) is 13.1 Å². The quantitative estimate of drug-likeness (QED) is 0.871. The molecule has 4 rings (SSSR count). The highest BCUT2D eigenvalue weighted by Crippen LogP contribution is 2.36. The summed E-state index contributed by atoms with van der Waals surface area (Å²) in [5.74, 6) is 1.51. The van der Waals surface area contributed by atoms with Gasteiger partial charge < -0.3 is 20.3 Å². The maximum Gasteiger partial charge on any atom is 0.241 e. The van der Waals surface area contributed by atoms with E-state index in [1.54, 1.807) is 0 Å². The Morgan fingerprint density at radius 3 is 2.89 bits per heavy atom. The van der Waals surface area contributed by atoms with E-state index in [4.69, 9.17) is 4.74 Å². The fourth-order valence-electron chi connectivity index (χ4n) is 3.75. The van der Waals surface area contributed by atoms with Crippen LogP contribution >= 0.6 is 0 Å². The van der Waals surface area contributed by atoms with E-state index in [0.717, 1.165) is 47.8 Å². The molecule has 0 bridgehead atoms. The Morgan fingerprint density at radius 2 is 2.04 bits per heavy atom. The lowest BCUT2D eigenvalue weighted by atomic mass is 10.0. The highest BCUT2D eigenvalue weighted by Gasteiger charge is 2.32. The lowest BCUT2D eigenvalue weighted by molar-refractivity contribution is -0.119. The fraction of sp³-hybridized carbons (Fsp3) is 0.409. The molecular weight excluding hydrogens is 338 g/mol. The number of nitrogens with zero attached hydrogens (tertiary/aromatic N) is 1. The standard InChI is InChI=1S/C22H27N3O2/c1-15(2)14-27-19-5-3-4-16(10-19)17-6-7-20-21(11-17)25-18(8-9-24-20)12-23-13-22(25)26/h3-7,10-11,15,18,23-24H,8-9,12-14H2,1-2H3. The van der Waals surface area contributed by atoms with E-state index in [2.05, 4.69) is 54.8 Å². The third-order valence-electron chi connectivity index (χ3n) is 5.09. The van der Waals surface area contributed by atoms with Crippen molar-refractivity contribution >= 4 is 17.3 Å². The molecule has 2 aliphatic heterocycles. The van der Waals surface area contributed by atoms with Gasteiger partial charge in [0.25, 0.3) is 0 Å². The van der Waals surface area contributed by atoms with Crippen molar-refractivity contribution in [1.82, 2.24) is 5.32 Å². The lowest BCUT2D eigenvalue weighted by Crippen LogP contribution is -2.55. The van der Waals surface area contributed by atoms with Gasteiger partial charge in [-0.15, -0.1) is 0 Å². The summed E-state index contributed by atoms with van der Waals surface area (Å²) in [7, 11) is 0. The summed E-state index contributed by atoms with van der Waals surface area (Å²) in [4.78, 5) is 14.6. The second-order valence-corrected chi connectivity index (χ2v) is 7.73. The van der Waals surface area contributed by atoms with Crippen molar-refractivity contribution in [2.75, 3.05) is 36.5 Å². The minimum Gasteiger partial charge on any atom is -0.493 e. The summed E-state index contributed by atoms with van der Waals surface area (Å²) in [6.45, 7) is 7.11. The summed E-state index contributed by atoms with van der Waals surface area (Å²) in [5, 5.41) is 6.71. The van der Waals surface area contributed by atoms with Crippen molar-refractivity contribution in [2.24, 2.45) is 5.92 Å². The molecule has 1 amide bonds. The van der Waals surface area contributed by atoms with Crippen LogP contribution in [0.15, 0.2) is 42.5 Å². The van der Waals surface area contributed by atoms with E-state index in [1.807, 2.05) is 17.0 Å². The van der Waals surface area contributed by atoms with Crippen LogP contribution < -0.4 is 20.3 Å². The van der Waals surface area contributed by atoms with Crippen molar-refractivity contribution in [1.29, 1.82) is 0 Å². The first kappa shape index (κ1) is 17.9. The first-order valence-electron chi connectivity index (χ1n) is 9.76. The number of anilines is 2. The molecule has 2 aromatic rings. The number of piperazine rings is 1. The van der Waals surface area contributed by atoms with Gasteiger partial charge in [-0.05, 0) is 47.7 Å². The number of carbonyl (C=O) groups is 1. The third kappa shape index (κ3) is 3.78. The molecule has 0 saturated carbocycles. The predicted molar refractivity (Wildman–Crippen MR) is 109 cm³/mol. The number of fused-ring (bicyclic) bond motifs is 3. The molecule has 2 N–H and O–H groups in total. The van der Waals surface area contributed by atoms with E-state index < -0.39 is 0 Å². The number of nitrogens with one attached hydrogen (secondary N) is 2. The molecule has 0 aromatic heterocycles. The van der Waals surface area contributed by atoms with E-state index in [0.29, 0.717) is 19.1 Å². The van der Waals surface area contributed by atoms with Crippen LogP contribution in [0.2, 0.25) is 0 Å². The molecule has 1 fully saturated rings. The fourth-order valence-corrected chi connectivity index (χ4v) is 3.75. The SMILES string of the molecule is CC(C)COc1cccc(-c2ccc3c(c2)N2C(=O)CNCC2CCN3)c1. The zero-order valence-electron chi connectivity index (χ0n) is 16.0. The van der Waals surface area contributed by atoms with Gasteiger partial charge in [-0.25, -0.2) is 0 Å². The predicted octanol–water partition coefficient (Wildman–Crippen LogP) is 3.51. The highest BCUT2D eigenvalue weighted by atomic mass is 16.5. The van der Waals surface area contributed by atoms with Crippen molar-refractivity contribution in [3.63, 3.8) is 0 Å². The van der Waals surface area contributed by atoms with Gasteiger partial charge in [-0.3, -0.25) is 4.79 Å². The van der Waals surface area contributed by atoms with E-state index in [1.165, 1.54) is 0 Å². The summed E-state index contributed by atoms with van der Waals surface area (Å²) in [6, 6.07) is 14.7. The minimum absolute atomic E-state index is 0.141. The Kier molecular flexibility index (Phi) is 5.03. The Balaban J connectivity index is 1.68. The Labute approximate surface area is 160 Å². The number of hydrogen-bond acceptors (Lipinski definition) is 4. The van der Waals surface area contributed by atoms with Crippen LogP contribution in [0.1, 0.15) is 20.3 Å². The van der Waals surface area contributed by atoms with Crippen LogP contribution in [0.3, 0.4) is 0 Å². The van der Waals surface area contributed by atoms with Crippen molar-refractivity contribution in [3.05, 3.63) is 42.5 Å². The molecular formula is C22H27N3O2. The molecule has 1 unspecified atom stereocenters. The zero-order valence-corrected chi connectivity index (χ0v) is 16.0. The van der Waals surface area contributed by atoms with Crippen LogP contribution in [0.25, 0.3) is 11.1 Å². The topological polar surface area (TPSA) is 53.6 Å². The molecule has 27 heavy (non-hydrogen) atoms. The van der Waals surface area contributed by atoms with Gasteiger partial charge in [0.05, 0.1) is 30.6 Å². The molecule has 5 nitrogen and oxygen atoms in total. The molecule has 5 heteroatoms. The van der Waals surface area contributed by atoms with Crippen molar-refractivity contribution in [3.8, 4) is 16.9 Å². The van der Waals surface area contributed by atoms with Crippen molar-refractivity contribution < 1.29 is 9.53 Å². The van der Waals surface area contributed by atoms with E-state index in [9.17, 15) is 4.79 Å². The smallest absolute Gasteiger partial charge is 0.241 e. The number of carbonyl (C=O) groups excluding carboxylic acids is 1. The minimum atomic E-state index is 0.141. The Hall–Kier alpha value is -2.53. The van der Waals surface area contributed by atoms with Gasteiger partial charge in [0.2, 0.25) is 5.91 Å². The molecule has 1 saturated heterocycles. The molecule has 2 aromatic carbocycles. The van der Waals surface area contributed by atoms with Crippen LogP contribution in [0, 0.1) is 5.92 Å². The summed E-state index contributed by atoms with van der Waals surface area (Å²) in [6.07, 6.45) is 0.946. The summed E-state index contributed by atoms with van der Waals surface area (Å²) < 4.78 is 5.88. The average molecular weight is 365 g/mol. The molecule has 1 atom stereocenters. The maximum atomic E-state index is 12.6. The number of amides is 1. The highest BCUT2D eigenvalue weighted by molar-refractivity contribution is 6.00. The monoisotopic (exact) mass is 365 g/mol. The van der Waals surface area contributed by atoms with Crippen LogP contribution in [-0.2, 0) is 4.79 Å². The second kappa shape index (κ2) is 7.61. The van der Waals surface area contributed by atoms with Crippen molar-refractivity contribution in [2.45, 2.75) is 26.3 Å². The molecule has 142 valence electrons. The lowest BCUT2D eigenvalue weighted by Gasteiger charge is -2.35. The number of hydrogen-bond donors (Lipinski definition) is 2. The van der Waals surface area contributed by atoms with Gasteiger partial charge in [0.15, 0.2) is 0 Å². The van der Waals surface area contributed by atoms with Gasteiger partial charge in [0.1, 0.15) is 5.75 Å². The number of benzene rings is 2. The average Bonchev–Trinajstić information content (AvgIpc) is 2.86. The first-order valence-corrected chi connectivity index (χ1v) is 9.76. The van der Waals surface area contributed by atoms with E-state index in [-0.39, 0.29) is 11.9 Å². The third-order valence-corrected chi connectivity index (χ3v) is 5.09. The molecule has 0 spiro atoms. The second-order valence-electron chi connectivity index (χ2n) is 7.73. The van der Waals surface area contributed by atoms with Crippen LogP contribution in [-0.4, -0.2) is 38.2 Å². The Morgan fingerprint density at radius 1 is 1.19 bits per heavy atom. The zero-order chi connectivity index (χ0) is 18.8. The largest absolute Gasteiger partial charge is 0.493 e. The molecule has 0 radical (unpaired) electrons. The van der Waals surface area contributed by atoms with Gasteiger partial charge in [-0.1, -0.05) is 32.0 Å². The molecule has 2 heterocycles. The van der Waals surface area contributed by atoms with Crippen LogP contribution in [0.4, 0.5) is 11.4 Å². The maximum absolute atomic E-state index is 12.6.